The lowest BCUT2D eigenvalue weighted by Crippen LogP contribution is -2.24. The quantitative estimate of drug-likeness (QED) is 0.141. The molecule has 1 aliphatic rings. The molecular weight excluding hydrogens is 488 g/mol. The summed E-state index contributed by atoms with van der Waals surface area (Å²) in [5, 5.41) is 0. The zero-order valence-electron chi connectivity index (χ0n) is 20.2. The van der Waals surface area contributed by atoms with Crippen molar-refractivity contribution in [1.29, 1.82) is 0 Å². The number of carbonyl (C=O) groups excluding carboxylic acids is 1. The van der Waals surface area contributed by atoms with Crippen molar-refractivity contribution in [1.82, 2.24) is 0 Å². The fourth-order valence-corrected chi connectivity index (χ4v) is 4.31. The first-order valence-electron chi connectivity index (χ1n) is 11.9. The third kappa shape index (κ3) is 6.02. The van der Waals surface area contributed by atoms with Crippen LogP contribution in [0.25, 0.3) is 11.1 Å². The molecule has 2 unspecified atom stereocenters. The third-order valence-corrected chi connectivity index (χ3v) is 6.25. The Morgan fingerprint density at radius 2 is 1.68 bits per heavy atom. The molecular formula is C29H26F4O4. The van der Waals surface area contributed by atoms with Gasteiger partial charge < -0.3 is 14.2 Å². The van der Waals surface area contributed by atoms with Gasteiger partial charge in [-0.3, -0.25) is 0 Å². The van der Waals surface area contributed by atoms with E-state index >= 15 is 4.39 Å². The van der Waals surface area contributed by atoms with Crippen molar-refractivity contribution in [3.05, 3.63) is 95.8 Å². The van der Waals surface area contributed by atoms with Gasteiger partial charge >= 0.3 is 12.1 Å². The van der Waals surface area contributed by atoms with Crippen LogP contribution in [-0.4, -0.2) is 25.3 Å². The van der Waals surface area contributed by atoms with E-state index in [1.165, 1.54) is 18.2 Å². The lowest BCUT2D eigenvalue weighted by Gasteiger charge is -2.28. The number of alkyl halides is 3. The minimum atomic E-state index is -5.06. The zero-order chi connectivity index (χ0) is 26.6. The summed E-state index contributed by atoms with van der Waals surface area (Å²) in [5.74, 6) is -3.17. The molecule has 1 saturated heterocycles. The predicted molar refractivity (Wildman–Crippen MR) is 131 cm³/mol. The van der Waals surface area contributed by atoms with Gasteiger partial charge in [0.05, 0.1) is 24.9 Å². The Bertz CT molecular complexity index is 1240. The second kappa shape index (κ2) is 11.2. The lowest BCUT2D eigenvalue weighted by molar-refractivity contribution is -0.141. The maximum atomic E-state index is 15.2. The van der Waals surface area contributed by atoms with Gasteiger partial charge in [0.25, 0.3) is 0 Å². The normalized spacial score (nSPS) is 17.8. The molecule has 0 aliphatic carbocycles. The van der Waals surface area contributed by atoms with E-state index < -0.39 is 35.2 Å². The Labute approximate surface area is 212 Å². The van der Waals surface area contributed by atoms with Gasteiger partial charge in [-0.15, -0.1) is 6.58 Å². The monoisotopic (exact) mass is 514 g/mol. The van der Waals surface area contributed by atoms with Crippen molar-refractivity contribution in [2.24, 2.45) is 0 Å². The van der Waals surface area contributed by atoms with Crippen LogP contribution in [0.2, 0.25) is 0 Å². The molecule has 4 rings (SSSR count). The summed E-state index contributed by atoms with van der Waals surface area (Å²) >= 11 is 0. The van der Waals surface area contributed by atoms with Crippen molar-refractivity contribution < 1.29 is 36.6 Å². The van der Waals surface area contributed by atoms with Gasteiger partial charge in [0.15, 0.2) is 0 Å². The van der Waals surface area contributed by atoms with Crippen LogP contribution >= 0.6 is 0 Å². The van der Waals surface area contributed by atoms with Crippen LogP contribution in [0.5, 0.6) is 11.5 Å². The smallest absolute Gasteiger partial charge is 0.422 e. The van der Waals surface area contributed by atoms with Gasteiger partial charge in [-0.05, 0) is 66.8 Å². The van der Waals surface area contributed by atoms with Gasteiger partial charge in [-0.1, -0.05) is 36.4 Å². The maximum absolute atomic E-state index is 15.2. The molecule has 8 heteroatoms. The van der Waals surface area contributed by atoms with E-state index in [0.29, 0.717) is 19.4 Å². The van der Waals surface area contributed by atoms with Crippen LogP contribution < -0.4 is 9.47 Å². The highest BCUT2D eigenvalue weighted by atomic mass is 19.4. The zero-order valence-corrected chi connectivity index (χ0v) is 20.2. The van der Waals surface area contributed by atoms with Gasteiger partial charge in [-0.25, -0.2) is 9.18 Å². The first-order valence-corrected chi connectivity index (χ1v) is 11.9. The van der Waals surface area contributed by atoms with Crippen LogP contribution in [0.1, 0.15) is 47.2 Å². The number of hydrogen-bond acceptors (Lipinski definition) is 4. The number of ether oxygens (including phenoxy) is 3. The first kappa shape index (κ1) is 26.4. The van der Waals surface area contributed by atoms with Crippen LogP contribution in [0.4, 0.5) is 17.6 Å². The number of hydrogen-bond donors (Lipinski definition) is 0. The van der Waals surface area contributed by atoms with E-state index in [0.717, 1.165) is 22.9 Å². The average Bonchev–Trinajstić information content (AvgIpc) is 2.89. The summed E-state index contributed by atoms with van der Waals surface area (Å²) in [5.41, 5.74) is -0.0288. The highest BCUT2D eigenvalue weighted by Crippen LogP contribution is 2.42. The average molecular weight is 515 g/mol. The molecule has 1 fully saturated rings. The minimum absolute atomic E-state index is 0.0310. The number of benzene rings is 3. The third-order valence-electron chi connectivity index (χ3n) is 6.25. The van der Waals surface area contributed by atoms with Crippen LogP contribution in [-0.2, 0) is 10.9 Å². The van der Waals surface area contributed by atoms with Crippen molar-refractivity contribution >= 4 is 5.97 Å². The molecule has 0 saturated carbocycles. The number of halogens is 4. The topological polar surface area (TPSA) is 44.8 Å². The summed E-state index contributed by atoms with van der Waals surface area (Å²) < 4.78 is 72.7. The number of esters is 1. The molecule has 194 valence electrons. The Hall–Kier alpha value is -3.65. The molecule has 37 heavy (non-hydrogen) atoms. The van der Waals surface area contributed by atoms with Crippen LogP contribution in [0.3, 0.4) is 0 Å². The van der Waals surface area contributed by atoms with Gasteiger partial charge in [0.2, 0.25) is 0 Å². The standard InChI is InChI=1S/C29H26F4O4/c1-3-22-12-11-21(17-36-22)24-15-16-25(26(27(24)30)29(31,32)33)37-28(34)20-7-5-18(6-8-20)19-9-13-23(14-10-19)35-4-2/h3,5-10,13-16,21-22H,1,4,11-12,17H2,2H3. The van der Waals surface area contributed by atoms with Crippen molar-refractivity contribution in [2.75, 3.05) is 13.2 Å². The SMILES string of the molecule is C=CC1CCC(c2ccc(OC(=O)c3ccc(-c4ccc(OCC)cc4)cc3)c(C(F)(F)F)c2F)CO1. The Morgan fingerprint density at radius 3 is 2.22 bits per heavy atom. The summed E-state index contributed by atoms with van der Waals surface area (Å²) in [6, 6.07) is 15.8. The molecule has 2 atom stereocenters. The largest absolute Gasteiger partial charge is 0.494 e. The first-order chi connectivity index (χ1) is 17.7. The number of carbonyl (C=O) groups is 1. The Balaban J connectivity index is 1.54. The minimum Gasteiger partial charge on any atom is -0.494 e. The molecule has 0 bridgehead atoms. The van der Waals surface area contributed by atoms with E-state index in [-0.39, 0.29) is 23.8 Å². The van der Waals surface area contributed by atoms with E-state index in [9.17, 15) is 18.0 Å². The number of rotatable bonds is 7. The molecule has 3 aromatic rings. The molecule has 0 spiro atoms. The van der Waals surface area contributed by atoms with Crippen molar-refractivity contribution in [3.63, 3.8) is 0 Å². The maximum Gasteiger partial charge on any atom is 0.422 e. The van der Waals surface area contributed by atoms with Crippen LogP contribution in [0.15, 0.2) is 73.3 Å². The molecule has 0 aromatic heterocycles. The second-order valence-corrected chi connectivity index (χ2v) is 8.65. The summed E-state index contributed by atoms with van der Waals surface area (Å²) in [6.07, 6.45) is -2.68. The molecule has 0 radical (unpaired) electrons. The highest BCUT2D eigenvalue weighted by molar-refractivity contribution is 5.92. The van der Waals surface area contributed by atoms with E-state index in [1.807, 2.05) is 31.2 Å². The molecule has 3 aromatic carbocycles. The fourth-order valence-electron chi connectivity index (χ4n) is 4.31. The van der Waals surface area contributed by atoms with Crippen LogP contribution in [0, 0.1) is 5.82 Å². The summed E-state index contributed by atoms with van der Waals surface area (Å²) in [4.78, 5) is 12.7. The summed E-state index contributed by atoms with van der Waals surface area (Å²) in [6.45, 7) is 6.14. The van der Waals surface area contributed by atoms with Gasteiger partial charge in [0, 0.05) is 5.92 Å². The molecule has 1 aliphatic heterocycles. The fraction of sp³-hybridized carbons (Fsp3) is 0.276. The van der Waals surface area contributed by atoms with Crippen molar-refractivity contribution in [2.45, 2.75) is 38.0 Å². The predicted octanol–water partition coefficient (Wildman–Crippen LogP) is 7.58. The molecule has 1 heterocycles. The van der Waals surface area contributed by atoms with Gasteiger partial charge in [0.1, 0.15) is 22.9 Å². The molecule has 0 N–H and O–H groups in total. The molecule has 0 amide bonds. The highest BCUT2D eigenvalue weighted by Gasteiger charge is 2.41. The van der Waals surface area contributed by atoms with Gasteiger partial charge in [-0.2, -0.15) is 13.2 Å². The lowest BCUT2D eigenvalue weighted by atomic mass is 9.89. The van der Waals surface area contributed by atoms with E-state index in [1.54, 1.807) is 18.2 Å². The molecule has 4 nitrogen and oxygen atoms in total. The Morgan fingerprint density at radius 1 is 1.03 bits per heavy atom. The Kier molecular flexibility index (Phi) is 7.97. The summed E-state index contributed by atoms with van der Waals surface area (Å²) in [7, 11) is 0. The van der Waals surface area contributed by atoms with E-state index in [2.05, 4.69) is 6.58 Å². The second-order valence-electron chi connectivity index (χ2n) is 8.65. The van der Waals surface area contributed by atoms with E-state index in [4.69, 9.17) is 14.2 Å². The van der Waals surface area contributed by atoms with Crippen molar-refractivity contribution in [3.8, 4) is 22.6 Å².